The lowest BCUT2D eigenvalue weighted by molar-refractivity contribution is -0.119. The van der Waals surface area contributed by atoms with Crippen LogP contribution >= 0.6 is 11.6 Å². The molecule has 0 saturated carbocycles. The highest BCUT2D eigenvalue weighted by Gasteiger charge is 2.15. The second-order valence-electron chi connectivity index (χ2n) is 5.84. The van der Waals surface area contributed by atoms with Gasteiger partial charge in [0.25, 0.3) is 15.9 Å². The Bertz CT molecular complexity index is 1160. The van der Waals surface area contributed by atoms with E-state index in [1.54, 1.807) is 12.1 Å². The number of carbonyl (C=O) groups excluding carboxylic acids is 2. The lowest BCUT2D eigenvalue weighted by atomic mass is 10.3. The number of esters is 1. The van der Waals surface area contributed by atoms with Crippen LogP contribution in [0.1, 0.15) is 10.4 Å². The molecule has 11 heteroatoms. The second kappa shape index (κ2) is 9.33. The maximum atomic E-state index is 12.4. The van der Waals surface area contributed by atoms with Gasteiger partial charge in [0.2, 0.25) is 0 Å². The third kappa shape index (κ3) is 5.75. The molecule has 0 spiro atoms. The Labute approximate surface area is 177 Å². The highest BCUT2D eigenvalue weighted by atomic mass is 35.5. The minimum absolute atomic E-state index is 0.00727. The zero-order valence-corrected chi connectivity index (χ0v) is 16.9. The van der Waals surface area contributed by atoms with Gasteiger partial charge in [0.15, 0.2) is 6.61 Å². The summed E-state index contributed by atoms with van der Waals surface area (Å²) in [6.45, 7) is -0.528. The van der Waals surface area contributed by atoms with Crippen molar-refractivity contribution in [3.05, 3.63) is 77.7 Å². The van der Waals surface area contributed by atoms with Crippen molar-refractivity contribution in [2.75, 3.05) is 16.6 Å². The number of hydrogen-bond acceptors (Lipinski definition) is 7. The first-order valence-electron chi connectivity index (χ1n) is 8.46. The lowest BCUT2D eigenvalue weighted by Crippen LogP contribution is -2.21. The number of anilines is 2. The summed E-state index contributed by atoms with van der Waals surface area (Å²) in [6, 6.07) is 13.0. The van der Waals surface area contributed by atoms with Crippen LogP contribution in [0.4, 0.5) is 11.5 Å². The summed E-state index contributed by atoms with van der Waals surface area (Å²) in [7, 11) is -3.82. The molecule has 0 fully saturated rings. The van der Waals surface area contributed by atoms with E-state index in [0.29, 0.717) is 5.69 Å². The average molecular weight is 447 g/mol. The topological polar surface area (TPSA) is 127 Å². The molecule has 3 rings (SSSR count). The van der Waals surface area contributed by atoms with E-state index in [-0.39, 0.29) is 21.4 Å². The summed E-state index contributed by atoms with van der Waals surface area (Å²) < 4.78 is 32.0. The largest absolute Gasteiger partial charge is 0.452 e. The molecule has 0 aliphatic carbocycles. The lowest BCUT2D eigenvalue weighted by Gasteiger charge is -2.09. The molecular formula is C19H15ClN4O5S. The number of ether oxygens (including phenoxy) is 1. The van der Waals surface area contributed by atoms with Crippen LogP contribution in [0.15, 0.2) is 71.9 Å². The molecule has 0 radical (unpaired) electrons. The van der Waals surface area contributed by atoms with Crippen molar-refractivity contribution in [3.63, 3.8) is 0 Å². The van der Waals surface area contributed by atoms with Crippen LogP contribution in [0.3, 0.4) is 0 Å². The van der Waals surface area contributed by atoms with Crippen LogP contribution in [-0.4, -0.2) is 36.9 Å². The first-order chi connectivity index (χ1) is 14.3. The summed E-state index contributed by atoms with van der Waals surface area (Å²) in [6.07, 6.45) is 2.81. The van der Waals surface area contributed by atoms with Crippen molar-refractivity contribution < 1.29 is 22.7 Å². The van der Waals surface area contributed by atoms with Crippen LogP contribution in [-0.2, 0) is 19.6 Å². The van der Waals surface area contributed by atoms with Crippen LogP contribution in [0, 0.1) is 0 Å². The molecule has 0 bridgehead atoms. The Morgan fingerprint density at radius 2 is 1.77 bits per heavy atom. The van der Waals surface area contributed by atoms with Crippen molar-refractivity contribution in [2.45, 2.75) is 4.90 Å². The first-order valence-corrected chi connectivity index (χ1v) is 10.3. The molecular weight excluding hydrogens is 432 g/mol. The molecule has 0 atom stereocenters. The fourth-order valence-corrected chi connectivity index (χ4v) is 3.46. The van der Waals surface area contributed by atoms with Crippen LogP contribution < -0.4 is 10.0 Å². The molecule has 9 nitrogen and oxygen atoms in total. The van der Waals surface area contributed by atoms with E-state index in [2.05, 4.69) is 20.0 Å². The first kappa shape index (κ1) is 21.2. The predicted octanol–water partition coefficient (Wildman–Crippen LogP) is 2.73. The minimum Gasteiger partial charge on any atom is -0.452 e. The number of nitrogens with zero attached hydrogens (tertiary/aromatic N) is 2. The van der Waals surface area contributed by atoms with Crippen molar-refractivity contribution in [2.24, 2.45) is 0 Å². The quantitative estimate of drug-likeness (QED) is 0.422. The zero-order chi connectivity index (χ0) is 21.6. The average Bonchev–Trinajstić information content (AvgIpc) is 2.73. The highest BCUT2D eigenvalue weighted by molar-refractivity contribution is 7.92. The molecule has 30 heavy (non-hydrogen) atoms. The van der Waals surface area contributed by atoms with Gasteiger partial charge in [0.05, 0.1) is 10.5 Å². The number of rotatable bonds is 7. The van der Waals surface area contributed by atoms with Gasteiger partial charge >= 0.3 is 5.97 Å². The second-order valence-corrected chi connectivity index (χ2v) is 7.91. The van der Waals surface area contributed by atoms with Gasteiger partial charge in [0.1, 0.15) is 11.0 Å². The van der Waals surface area contributed by atoms with Gasteiger partial charge < -0.3 is 10.1 Å². The Hall–Kier alpha value is -3.50. The number of amides is 1. The van der Waals surface area contributed by atoms with E-state index in [1.165, 1.54) is 54.9 Å². The van der Waals surface area contributed by atoms with Crippen molar-refractivity contribution >= 4 is 45.0 Å². The fourth-order valence-electron chi connectivity index (χ4n) is 2.28. The van der Waals surface area contributed by atoms with Crippen molar-refractivity contribution in [3.8, 4) is 0 Å². The van der Waals surface area contributed by atoms with Crippen molar-refractivity contribution in [1.82, 2.24) is 9.97 Å². The molecule has 1 aromatic carbocycles. The third-order valence-electron chi connectivity index (χ3n) is 3.65. The van der Waals surface area contributed by atoms with E-state index in [9.17, 15) is 18.0 Å². The standard InChI is InChI=1S/C19H15ClN4O5S/c20-16-11-13(8-10-21-16)19(26)29-12-18(25)23-14-4-6-15(7-5-14)30(27,28)24-17-3-1-2-9-22-17/h1-11H,12H2,(H,22,24)(H,23,25). The predicted molar refractivity (Wildman–Crippen MR) is 110 cm³/mol. The Balaban J connectivity index is 1.56. The number of carbonyl (C=O) groups is 2. The number of hydrogen-bond donors (Lipinski definition) is 2. The summed E-state index contributed by atoms with van der Waals surface area (Å²) in [5, 5.41) is 2.63. The van der Waals surface area contributed by atoms with Gasteiger partial charge in [0, 0.05) is 18.1 Å². The Kier molecular flexibility index (Phi) is 6.60. The monoisotopic (exact) mass is 446 g/mol. The maximum absolute atomic E-state index is 12.4. The number of sulfonamides is 1. The van der Waals surface area contributed by atoms with Gasteiger partial charge in [-0.3, -0.25) is 9.52 Å². The number of aromatic nitrogens is 2. The molecule has 154 valence electrons. The van der Waals surface area contributed by atoms with Crippen molar-refractivity contribution in [1.29, 1.82) is 0 Å². The number of nitrogens with one attached hydrogen (secondary N) is 2. The molecule has 2 aromatic heterocycles. The summed E-state index contributed by atoms with van der Waals surface area (Å²) >= 11 is 5.70. The normalized spacial score (nSPS) is 10.8. The molecule has 2 heterocycles. The SMILES string of the molecule is O=C(COC(=O)c1ccnc(Cl)c1)Nc1ccc(S(=O)(=O)Nc2ccccn2)cc1. The highest BCUT2D eigenvalue weighted by Crippen LogP contribution is 2.17. The van der Waals surface area contributed by atoms with E-state index in [0.717, 1.165) is 0 Å². The van der Waals surface area contributed by atoms with Gasteiger partial charge in [-0.2, -0.15) is 0 Å². The van der Waals surface area contributed by atoms with Gasteiger partial charge in [-0.25, -0.2) is 23.2 Å². The van der Waals surface area contributed by atoms with E-state index < -0.39 is 28.5 Å². The summed E-state index contributed by atoms with van der Waals surface area (Å²) in [5.41, 5.74) is 0.498. The molecule has 0 aliphatic heterocycles. The van der Waals surface area contributed by atoms with Gasteiger partial charge in [-0.15, -0.1) is 0 Å². The zero-order valence-electron chi connectivity index (χ0n) is 15.3. The van der Waals surface area contributed by atoms with E-state index in [4.69, 9.17) is 16.3 Å². The number of pyridine rings is 2. The smallest absolute Gasteiger partial charge is 0.338 e. The molecule has 0 saturated heterocycles. The molecule has 3 aromatic rings. The molecule has 2 N–H and O–H groups in total. The third-order valence-corrected chi connectivity index (χ3v) is 5.23. The maximum Gasteiger partial charge on any atom is 0.338 e. The summed E-state index contributed by atoms with van der Waals surface area (Å²) in [5.74, 6) is -1.13. The van der Waals surface area contributed by atoms with Crippen LogP contribution in [0.5, 0.6) is 0 Å². The minimum atomic E-state index is -3.82. The Morgan fingerprint density at radius 1 is 1.00 bits per heavy atom. The van der Waals surface area contributed by atoms with E-state index in [1.807, 2.05) is 0 Å². The van der Waals surface area contributed by atoms with E-state index >= 15 is 0 Å². The molecule has 1 amide bonds. The van der Waals surface area contributed by atoms with Gasteiger partial charge in [-0.1, -0.05) is 17.7 Å². The summed E-state index contributed by atoms with van der Waals surface area (Å²) in [4.78, 5) is 31.5. The molecule has 0 unspecified atom stereocenters. The Morgan fingerprint density at radius 3 is 2.43 bits per heavy atom. The van der Waals surface area contributed by atoms with Crippen LogP contribution in [0.25, 0.3) is 0 Å². The van der Waals surface area contributed by atoms with Crippen LogP contribution in [0.2, 0.25) is 5.15 Å². The fraction of sp³-hybridized carbons (Fsp3) is 0.0526. The van der Waals surface area contributed by atoms with Gasteiger partial charge in [-0.05, 0) is 48.5 Å². The molecule has 0 aliphatic rings. The number of benzene rings is 1. The number of halogens is 1.